The summed E-state index contributed by atoms with van der Waals surface area (Å²) in [6.45, 7) is 1.18. The second-order valence-electron chi connectivity index (χ2n) is 6.58. The first kappa shape index (κ1) is 16.7. The van der Waals surface area contributed by atoms with Gasteiger partial charge in [0.15, 0.2) is 0 Å². The third-order valence-corrected chi connectivity index (χ3v) is 5.27. The van der Waals surface area contributed by atoms with Crippen LogP contribution in [0.15, 0.2) is 27.7 Å². The molecular weight excluding hydrogens is 386 g/mol. The molecule has 0 radical (unpaired) electrons. The fourth-order valence-corrected chi connectivity index (χ4v) is 3.73. The zero-order valence-electron chi connectivity index (χ0n) is 13.8. The first-order valence-corrected chi connectivity index (χ1v) is 9.42. The van der Waals surface area contributed by atoms with Gasteiger partial charge in [0.2, 0.25) is 5.95 Å². The van der Waals surface area contributed by atoms with Crippen LogP contribution in [-0.2, 0) is 17.8 Å². The lowest BCUT2D eigenvalue weighted by atomic mass is 9.91. The highest BCUT2D eigenvalue weighted by Gasteiger charge is 2.25. The molecule has 3 heterocycles. The molecule has 0 atom stereocenters. The molecule has 2 aliphatic rings. The van der Waals surface area contributed by atoms with Crippen LogP contribution in [0.1, 0.15) is 43.0 Å². The summed E-state index contributed by atoms with van der Waals surface area (Å²) in [5.74, 6) is 0.649. The summed E-state index contributed by atoms with van der Waals surface area (Å²) < 4.78 is 7.96. The Bertz CT molecular complexity index is 800. The minimum Gasteiger partial charge on any atom is -0.376 e. The molecule has 1 saturated carbocycles. The van der Waals surface area contributed by atoms with Gasteiger partial charge in [0.1, 0.15) is 0 Å². The molecule has 25 heavy (non-hydrogen) atoms. The van der Waals surface area contributed by atoms with E-state index in [4.69, 9.17) is 4.74 Å². The molecular formula is C17H20BrN5O2. The summed E-state index contributed by atoms with van der Waals surface area (Å²) >= 11 is 3.34. The molecule has 0 aromatic carbocycles. The molecule has 0 spiro atoms. The van der Waals surface area contributed by atoms with E-state index in [1.165, 1.54) is 0 Å². The third-order valence-electron chi connectivity index (χ3n) is 4.86. The van der Waals surface area contributed by atoms with Crippen molar-refractivity contribution in [2.75, 3.05) is 11.9 Å². The lowest BCUT2D eigenvalue weighted by Gasteiger charge is -2.30. The summed E-state index contributed by atoms with van der Waals surface area (Å²) in [5, 5.41) is 8.01. The van der Waals surface area contributed by atoms with Crippen LogP contribution in [0.2, 0.25) is 0 Å². The smallest absolute Gasteiger partial charge is 0.267 e. The van der Waals surface area contributed by atoms with Crippen molar-refractivity contribution in [3.63, 3.8) is 0 Å². The number of nitrogens with one attached hydrogen (secondary N) is 1. The standard InChI is InChI=1S/C17H20BrN5O2/c18-12-8-19-17(20-9-12)21-13-1-3-14(4-2-13)23-16(24)7-11-10-25-6-5-15(11)22-23/h7-9,13-14H,1-6,10H2,(H,19,20,21). The summed E-state index contributed by atoms with van der Waals surface area (Å²) in [5.41, 5.74) is 1.93. The lowest BCUT2D eigenvalue weighted by molar-refractivity contribution is 0.107. The largest absolute Gasteiger partial charge is 0.376 e. The second kappa shape index (κ2) is 7.21. The molecule has 0 unspecified atom stereocenters. The van der Waals surface area contributed by atoms with Crippen LogP contribution < -0.4 is 10.9 Å². The number of rotatable bonds is 3. The number of anilines is 1. The van der Waals surface area contributed by atoms with Crippen LogP contribution in [0.3, 0.4) is 0 Å². The van der Waals surface area contributed by atoms with Crippen molar-refractivity contribution < 1.29 is 4.74 Å². The van der Waals surface area contributed by atoms with Crippen molar-refractivity contribution in [2.24, 2.45) is 0 Å². The van der Waals surface area contributed by atoms with Gasteiger partial charge >= 0.3 is 0 Å². The van der Waals surface area contributed by atoms with Crippen LogP contribution in [0.25, 0.3) is 0 Å². The Morgan fingerprint density at radius 3 is 2.72 bits per heavy atom. The molecule has 7 nitrogen and oxygen atoms in total. The molecule has 2 aromatic heterocycles. The predicted molar refractivity (Wildman–Crippen MR) is 96.5 cm³/mol. The van der Waals surface area contributed by atoms with E-state index in [0.29, 0.717) is 25.2 Å². The van der Waals surface area contributed by atoms with Gasteiger partial charge in [-0.25, -0.2) is 14.6 Å². The van der Waals surface area contributed by atoms with E-state index in [2.05, 4.69) is 36.3 Å². The van der Waals surface area contributed by atoms with Crippen molar-refractivity contribution in [1.29, 1.82) is 0 Å². The molecule has 8 heteroatoms. The fraction of sp³-hybridized carbons (Fsp3) is 0.529. The highest BCUT2D eigenvalue weighted by atomic mass is 79.9. The van der Waals surface area contributed by atoms with Gasteiger partial charge in [-0.15, -0.1) is 0 Å². The van der Waals surface area contributed by atoms with Gasteiger partial charge in [-0.2, -0.15) is 5.10 Å². The first-order chi connectivity index (χ1) is 12.2. The van der Waals surface area contributed by atoms with Crippen molar-refractivity contribution in [2.45, 2.75) is 50.8 Å². The van der Waals surface area contributed by atoms with E-state index in [0.717, 1.165) is 47.8 Å². The Balaban J connectivity index is 1.42. The molecule has 0 bridgehead atoms. The molecule has 1 fully saturated rings. The van der Waals surface area contributed by atoms with Crippen LogP contribution in [-0.4, -0.2) is 32.4 Å². The van der Waals surface area contributed by atoms with Gasteiger partial charge in [-0.05, 0) is 41.6 Å². The quantitative estimate of drug-likeness (QED) is 0.844. The topological polar surface area (TPSA) is 81.9 Å². The van der Waals surface area contributed by atoms with Crippen LogP contribution in [0.5, 0.6) is 0 Å². The number of nitrogens with zero attached hydrogens (tertiary/aromatic N) is 4. The third kappa shape index (κ3) is 3.74. The monoisotopic (exact) mass is 405 g/mol. The van der Waals surface area contributed by atoms with Crippen LogP contribution >= 0.6 is 15.9 Å². The molecule has 1 aliphatic heterocycles. The number of halogens is 1. The van der Waals surface area contributed by atoms with E-state index in [-0.39, 0.29) is 11.6 Å². The maximum absolute atomic E-state index is 12.4. The lowest BCUT2D eigenvalue weighted by Crippen LogP contribution is -2.35. The number of ether oxygens (including phenoxy) is 1. The van der Waals surface area contributed by atoms with Crippen molar-refractivity contribution >= 4 is 21.9 Å². The number of aromatic nitrogens is 4. The summed E-state index contributed by atoms with van der Waals surface area (Å²) in [6.07, 6.45) is 8.06. The highest BCUT2D eigenvalue weighted by molar-refractivity contribution is 9.10. The van der Waals surface area contributed by atoms with Gasteiger partial charge < -0.3 is 10.1 Å². The van der Waals surface area contributed by atoms with Crippen molar-refractivity contribution in [3.05, 3.63) is 44.5 Å². The molecule has 2 aromatic rings. The average Bonchev–Trinajstić information content (AvgIpc) is 2.64. The molecule has 4 rings (SSSR count). The number of fused-ring (bicyclic) bond motifs is 1. The summed E-state index contributed by atoms with van der Waals surface area (Å²) in [6, 6.07) is 2.20. The zero-order chi connectivity index (χ0) is 17.2. The first-order valence-electron chi connectivity index (χ1n) is 8.62. The molecule has 0 amide bonds. The Hall–Kier alpha value is -1.80. The summed E-state index contributed by atoms with van der Waals surface area (Å²) in [4.78, 5) is 20.9. The van der Waals surface area contributed by atoms with Gasteiger partial charge in [0, 0.05) is 36.5 Å². The van der Waals surface area contributed by atoms with E-state index in [1.54, 1.807) is 23.1 Å². The molecule has 1 N–H and O–H groups in total. The molecule has 1 aliphatic carbocycles. The number of hydrogen-bond acceptors (Lipinski definition) is 6. The van der Waals surface area contributed by atoms with Crippen molar-refractivity contribution in [3.8, 4) is 0 Å². The molecule has 132 valence electrons. The van der Waals surface area contributed by atoms with Gasteiger partial charge in [-0.1, -0.05) is 0 Å². The predicted octanol–water partition coefficient (Wildman–Crippen LogP) is 2.46. The van der Waals surface area contributed by atoms with Gasteiger partial charge in [0.05, 0.1) is 29.4 Å². The Morgan fingerprint density at radius 1 is 1.20 bits per heavy atom. The molecule has 0 saturated heterocycles. The van der Waals surface area contributed by atoms with Crippen molar-refractivity contribution in [1.82, 2.24) is 19.7 Å². The minimum absolute atomic E-state index is 0.0168. The van der Waals surface area contributed by atoms with Gasteiger partial charge in [0.25, 0.3) is 5.56 Å². The number of hydrogen-bond donors (Lipinski definition) is 1. The fourth-order valence-electron chi connectivity index (χ4n) is 3.52. The SMILES string of the molecule is O=c1cc2c(nn1C1CCC(Nc3ncc(Br)cn3)CC1)CCOC2. The average molecular weight is 406 g/mol. The zero-order valence-corrected chi connectivity index (χ0v) is 15.4. The second-order valence-corrected chi connectivity index (χ2v) is 7.49. The minimum atomic E-state index is -0.0168. The Labute approximate surface area is 154 Å². The Morgan fingerprint density at radius 2 is 1.96 bits per heavy atom. The van der Waals surface area contributed by atoms with Crippen LogP contribution in [0.4, 0.5) is 5.95 Å². The van der Waals surface area contributed by atoms with Crippen LogP contribution in [0, 0.1) is 0 Å². The van der Waals surface area contributed by atoms with E-state index in [9.17, 15) is 4.79 Å². The van der Waals surface area contributed by atoms with E-state index >= 15 is 0 Å². The highest BCUT2D eigenvalue weighted by Crippen LogP contribution is 2.28. The Kier molecular flexibility index (Phi) is 4.80. The van der Waals surface area contributed by atoms with E-state index < -0.39 is 0 Å². The maximum atomic E-state index is 12.4. The normalized spacial score (nSPS) is 23.1. The summed E-state index contributed by atoms with van der Waals surface area (Å²) in [7, 11) is 0. The van der Waals surface area contributed by atoms with E-state index in [1.807, 2.05) is 0 Å². The van der Waals surface area contributed by atoms with Gasteiger partial charge in [-0.3, -0.25) is 4.79 Å². The maximum Gasteiger partial charge on any atom is 0.267 e.